The van der Waals surface area contributed by atoms with E-state index in [4.69, 9.17) is 0 Å². The van der Waals surface area contributed by atoms with Gasteiger partial charge in [-0.2, -0.15) is 21.1 Å². The van der Waals surface area contributed by atoms with Crippen molar-refractivity contribution in [3.05, 3.63) is 14.9 Å². The summed E-state index contributed by atoms with van der Waals surface area (Å²) in [5.74, 6) is 0. The minimum atomic E-state index is -1.11. The Balaban J connectivity index is -0.000000152. The molecule has 0 spiro atoms. The molecule has 0 amide bonds. The van der Waals surface area contributed by atoms with Crippen molar-refractivity contribution < 1.29 is 40.4 Å². The first-order valence-electron chi connectivity index (χ1n) is 10.3. The molecule has 0 aliphatic rings. The van der Waals surface area contributed by atoms with Crippen molar-refractivity contribution in [3.8, 4) is 0 Å². The van der Waals surface area contributed by atoms with E-state index in [1.165, 1.54) is 0 Å². The van der Waals surface area contributed by atoms with Gasteiger partial charge in [-0.05, 0) is 0 Å². The summed E-state index contributed by atoms with van der Waals surface area (Å²) in [6.07, 6.45) is 0. The summed E-state index contributed by atoms with van der Waals surface area (Å²) >= 11 is 0. The van der Waals surface area contributed by atoms with Gasteiger partial charge in [0.05, 0.1) is 0 Å². The summed E-state index contributed by atoms with van der Waals surface area (Å²) in [6.45, 7) is 35.8. The van der Waals surface area contributed by atoms with Gasteiger partial charge in [-0.3, -0.25) is 0 Å². The molecule has 10 heteroatoms. The number of hydrogen-bond donors (Lipinski definition) is 0. The molecule has 3 nitrogen and oxygen atoms in total. The topological polar surface area (TPSA) is 42.3 Å². The van der Waals surface area contributed by atoms with Crippen LogP contribution in [-0.2, 0) is 0 Å². The van der Waals surface area contributed by atoms with Crippen molar-refractivity contribution in [3.63, 3.8) is 0 Å². The van der Waals surface area contributed by atoms with Gasteiger partial charge in [0.25, 0.3) is 0 Å². The minimum Gasteiger partial charge on any atom is -0.669 e. The maximum absolute atomic E-state index is 4.49. The molecular formula is C18H54N3Si6Sm. The molecule has 0 fully saturated rings. The molecule has 0 atom stereocenters. The van der Waals surface area contributed by atoms with Crippen LogP contribution in [0.2, 0.25) is 98.2 Å². The van der Waals surface area contributed by atoms with Crippen LogP contribution < -0.4 is 0 Å². The van der Waals surface area contributed by atoms with Crippen LogP contribution >= 0.6 is 0 Å². The Morgan fingerprint density at radius 1 is 0.321 bits per heavy atom. The second-order valence-electron chi connectivity index (χ2n) is 12.1. The average molecular weight is 632 g/mol. The van der Waals surface area contributed by atoms with E-state index in [0.29, 0.717) is 0 Å². The third kappa shape index (κ3) is 14.6. The third-order valence-electron chi connectivity index (χ3n) is 7.18. The molecule has 28 heavy (non-hydrogen) atoms. The van der Waals surface area contributed by atoms with Crippen molar-refractivity contribution in [1.82, 2.24) is 0 Å². The van der Waals surface area contributed by atoms with Crippen LogP contribution in [-0.4, -0.2) is 67.2 Å². The monoisotopic (exact) mass is 632 g/mol. The van der Waals surface area contributed by atoms with E-state index in [2.05, 4.69) is 113 Å². The van der Waals surface area contributed by atoms with Gasteiger partial charge in [-0.1, -0.05) is 121 Å². The first-order chi connectivity index (χ1) is 11.4. The summed E-state index contributed by atoms with van der Waals surface area (Å²) < 4.78 is 0. The molecule has 0 aliphatic heterocycles. The Morgan fingerprint density at radius 2 is 0.429 bits per heavy atom. The quantitative estimate of drug-likeness (QED) is 0.268. The van der Waals surface area contributed by atoms with Gasteiger partial charge in [0, 0.05) is 22.8 Å². The van der Waals surface area contributed by atoms with Crippen molar-refractivity contribution in [2.24, 2.45) is 0 Å². The molecule has 0 N–H and O–H groups in total. The van der Waals surface area contributed by atoms with E-state index in [1.54, 1.807) is 0 Å². The number of rotatable bonds is 6. The summed E-state index contributed by atoms with van der Waals surface area (Å²) in [4.78, 5) is 13.5. The van der Waals surface area contributed by atoms with Crippen LogP contribution in [0.5, 0.6) is 0 Å². The molecule has 0 aromatic carbocycles. The van der Waals surface area contributed by atoms with Gasteiger partial charge in [0.1, 0.15) is 0 Å². The van der Waals surface area contributed by atoms with Crippen LogP contribution in [0.15, 0.2) is 0 Å². The molecule has 0 heterocycles. The Morgan fingerprint density at radius 3 is 0.429 bits per heavy atom. The van der Waals surface area contributed by atoms with Crippen molar-refractivity contribution in [1.29, 1.82) is 0 Å². The van der Waals surface area contributed by atoms with E-state index in [1.807, 2.05) is 21.1 Å². The van der Waals surface area contributed by atoms with Crippen LogP contribution in [0.4, 0.5) is 0 Å². The molecule has 0 bridgehead atoms. The molecule has 0 aliphatic carbocycles. The predicted octanol–water partition coefficient (Wildman–Crippen LogP) is 7.83. The molecule has 0 saturated carbocycles. The first-order valence-corrected chi connectivity index (χ1v) is 32.6. The molecule has 0 saturated heterocycles. The van der Waals surface area contributed by atoms with E-state index >= 15 is 0 Å². The zero-order chi connectivity index (χ0) is 23.1. The summed E-state index contributed by atoms with van der Waals surface area (Å²) in [5, 5.41) is 0. The van der Waals surface area contributed by atoms with E-state index in [0.717, 1.165) is 0 Å². The zero-order valence-electron chi connectivity index (χ0n) is 22.7. The Hall–Kier alpha value is 2.52. The van der Waals surface area contributed by atoms with Gasteiger partial charge in [0.2, 0.25) is 0 Å². The largest absolute Gasteiger partial charge is 3.00 e. The Labute approximate surface area is 218 Å². The fraction of sp³-hybridized carbons (Fsp3) is 1.00. The fourth-order valence-electron chi connectivity index (χ4n) is 1.01. The molecule has 1 radical (unpaired) electrons. The molecule has 0 aromatic rings. The van der Waals surface area contributed by atoms with Crippen molar-refractivity contribution >= 4 is 46.0 Å². The average Bonchev–Trinajstić information content (AvgIpc) is 2.45. The van der Waals surface area contributed by atoms with Gasteiger partial charge in [0.15, 0.2) is 0 Å². The normalized spacial score (nSPS) is 13.5. The maximum atomic E-state index is 4.49. The Kier molecular flexibility index (Phi) is 18.8. The number of hydrogen-bond acceptors (Lipinski definition) is 0. The van der Waals surface area contributed by atoms with Gasteiger partial charge < -0.3 is 14.9 Å². The minimum absolute atomic E-state index is 0. The van der Waals surface area contributed by atoms with Gasteiger partial charge in [-0.15, -0.1) is 0 Å². The summed E-state index contributed by atoms with van der Waals surface area (Å²) in [5.41, 5.74) is 0. The SMILES string of the molecule is C[N-][Si](C)(C)[Si](C)(C)C.C[N-][Si](C)(C)[Si](C)(C)C.C[N-][Si](C)(C)[Si](C)(C)C.[Sm+3]. The summed E-state index contributed by atoms with van der Waals surface area (Å²) in [7, 11) is -0.153. The second-order valence-corrected chi connectivity index (χ2v) is 60.8. The van der Waals surface area contributed by atoms with E-state index < -0.39 is 46.0 Å². The predicted molar refractivity (Wildman–Crippen MR) is 150 cm³/mol. The van der Waals surface area contributed by atoms with Crippen molar-refractivity contribution in [2.75, 3.05) is 21.1 Å². The van der Waals surface area contributed by atoms with Crippen molar-refractivity contribution in [2.45, 2.75) is 98.2 Å². The Bertz CT molecular complexity index is 349. The van der Waals surface area contributed by atoms with Gasteiger partial charge in [-0.25, -0.2) is 0 Å². The first kappa shape index (κ1) is 37.8. The zero-order valence-corrected chi connectivity index (χ0v) is 31.4. The maximum Gasteiger partial charge on any atom is 3.00 e. The van der Waals surface area contributed by atoms with E-state index in [-0.39, 0.29) is 40.4 Å². The fourth-order valence-corrected chi connectivity index (χ4v) is 9.06. The smallest absolute Gasteiger partial charge is 0.669 e. The van der Waals surface area contributed by atoms with Crippen LogP contribution in [0.25, 0.3) is 14.9 Å². The molecule has 0 rings (SSSR count). The number of nitrogens with zero attached hydrogens (tertiary/aromatic N) is 3. The summed E-state index contributed by atoms with van der Waals surface area (Å²) in [6, 6.07) is 0. The van der Waals surface area contributed by atoms with Crippen LogP contribution in [0.3, 0.4) is 0 Å². The standard InChI is InChI=1S/3C6H18NSi2.Sm/c3*1-7-9(5,6)8(2,3)4;/h3*1-6H3;/q3*-1;+3. The third-order valence-corrected chi connectivity index (χ3v) is 56.6. The van der Waals surface area contributed by atoms with Crippen LogP contribution in [0.1, 0.15) is 0 Å². The molecular weight excluding hydrogens is 577 g/mol. The van der Waals surface area contributed by atoms with Gasteiger partial charge >= 0.3 is 40.4 Å². The van der Waals surface area contributed by atoms with E-state index in [9.17, 15) is 0 Å². The molecule has 0 aromatic heterocycles. The molecule has 0 unspecified atom stereocenters. The second kappa shape index (κ2) is 13.9. The molecule has 171 valence electrons. The van der Waals surface area contributed by atoms with Crippen LogP contribution in [0, 0.1) is 40.4 Å².